The van der Waals surface area contributed by atoms with Gasteiger partial charge in [0, 0.05) is 0 Å². The van der Waals surface area contributed by atoms with Gasteiger partial charge in [0.05, 0.1) is 0 Å². The molecule has 0 aliphatic heterocycles. The van der Waals surface area contributed by atoms with Crippen LogP contribution in [-0.2, 0) is 0 Å². The average Bonchev–Trinajstić information content (AvgIpc) is 2.30. The molecule has 1 saturated carbocycles. The molecule has 2 aliphatic rings. The smallest absolute Gasteiger partial charge is 0.00150 e. The van der Waals surface area contributed by atoms with Crippen LogP contribution in [0, 0.1) is 17.8 Å². The van der Waals surface area contributed by atoms with Gasteiger partial charge in [0.2, 0.25) is 0 Å². The van der Waals surface area contributed by atoms with Gasteiger partial charge >= 0.3 is 0 Å². The summed E-state index contributed by atoms with van der Waals surface area (Å²) in [5.41, 5.74) is 2.97. The summed E-state index contributed by atoms with van der Waals surface area (Å²) in [7, 11) is 0. The van der Waals surface area contributed by atoms with E-state index in [4.69, 9.17) is 0 Å². The van der Waals surface area contributed by atoms with Crippen molar-refractivity contribution < 1.29 is 0 Å². The molecule has 86 valence electrons. The zero-order valence-electron chi connectivity index (χ0n) is 10.4. The fourth-order valence-electron chi connectivity index (χ4n) is 2.82. The molecular weight excluding hydrogens is 192 g/mol. The maximum atomic E-state index is 3.27. The van der Waals surface area contributed by atoms with Crippen LogP contribution in [0.4, 0.5) is 0 Å². The molecule has 16 heavy (non-hydrogen) atoms. The van der Waals surface area contributed by atoms with Crippen molar-refractivity contribution in [3.05, 3.63) is 23.3 Å². The van der Waals surface area contributed by atoms with E-state index < -0.39 is 0 Å². The van der Waals surface area contributed by atoms with E-state index in [1.807, 2.05) is 6.08 Å². The molecule has 0 atom stereocenters. The third-order valence-corrected chi connectivity index (χ3v) is 3.86. The number of hydrogen-bond acceptors (Lipinski definition) is 0. The molecule has 0 aromatic rings. The Hall–Kier alpha value is -0.960. The highest BCUT2D eigenvalue weighted by atomic mass is 14.2. The first-order valence-corrected chi connectivity index (χ1v) is 6.71. The number of hydrogen-bond donors (Lipinski definition) is 0. The van der Waals surface area contributed by atoms with Crippen LogP contribution >= 0.6 is 0 Å². The molecule has 0 N–H and O–H groups in total. The van der Waals surface area contributed by atoms with Gasteiger partial charge in [0.25, 0.3) is 0 Å². The van der Waals surface area contributed by atoms with Crippen LogP contribution in [0.2, 0.25) is 0 Å². The van der Waals surface area contributed by atoms with Gasteiger partial charge in [-0.25, -0.2) is 0 Å². The van der Waals surface area contributed by atoms with E-state index in [1.165, 1.54) is 56.9 Å². The molecule has 0 heteroatoms. The van der Waals surface area contributed by atoms with Crippen molar-refractivity contribution in [2.75, 3.05) is 0 Å². The Labute approximate surface area is 99.8 Å². The van der Waals surface area contributed by atoms with Crippen molar-refractivity contribution in [3.63, 3.8) is 0 Å². The molecule has 0 heterocycles. The van der Waals surface area contributed by atoms with Gasteiger partial charge in [-0.2, -0.15) is 0 Å². The summed E-state index contributed by atoms with van der Waals surface area (Å²) in [5, 5.41) is 0. The van der Waals surface area contributed by atoms with Gasteiger partial charge in [-0.05, 0) is 43.8 Å². The van der Waals surface area contributed by atoms with Crippen LogP contribution in [-0.4, -0.2) is 0 Å². The monoisotopic (exact) mass is 214 g/mol. The van der Waals surface area contributed by atoms with Gasteiger partial charge in [0.15, 0.2) is 0 Å². The maximum Gasteiger partial charge on any atom is -0.00150 e. The van der Waals surface area contributed by atoms with E-state index in [-0.39, 0.29) is 0 Å². The fourth-order valence-corrected chi connectivity index (χ4v) is 2.82. The second kappa shape index (κ2) is 5.94. The molecule has 0 radical (unpaired) electrons. The highest BCUT2D eigenvalue weighted by Crippen LogP contribution is 2.31. The van der Waals surface area contributed by atoms with Crippen molar-refractivity contribution in [3.8, 4) is 11.8 Å². The van der Waals surface area contributed by atoms with Crippen molar-refractivity contribution in [2.45, 2.75) is 58.3 Å². The standard InChI is InChI=1S/C16H22/c1-14-9-5-2-3-8-12-16(14)13-15-10-6-4-7-11-15/h2-3,15H,4,6-8,10-13H2,1H3. The minimum Gasteiger partial charge on any atom is -0.0758 e. The lowest BCUT2D eigenvalue weighted by Crippen LogP contribution is -2.08. The Bertz CT molecular complexity index is 340. The topological polar surface area (TPSA) is 0 Å². The summed E-state index contributed by atoms with van der Waals surface area (Å²) in [5.74, 6) is 7.33. The summed E-state index contributed by atoms with van der Waals surface area (Å²) >= 11 is 0. The van der Waals surface area contributed by atoms with E-state index in [9.17, 15) is 0 Å². The number of allylic oxidation sites excluding steroid dienone is 4. The van der Waals surface area contributed by atoms with E-state index >= 15 is 0 Å². The highest BCUT2D eigenvalue weighted by molar-refractivity contribution is 5.36. The van der Waals surface area contributed by atoms with Crippen LogP contribution < -0.4 is 0 Å². The summed E-state index contributed by atoms with van der Waals surface area (Å²) in [4.78, 5) is 0. The lowest BCUT2D eigenvalue weighted by Gasteiger charge is -2.23. The molecule has 0 aromatic heterocycles. The van der Waals surface area contributed by atoms with Crippen molar-refractivity contribution >= 4 is 0 Å². The van der Waals surface area contributed by atoms with Crippen molar-refractivity contribution in [1.29, 1.82) is 0 Å². The highest BCUT2D eigenvalue weighted by Gasteiger charge is 2.15. The molecule has 0 spiro atoms. The summed E-state index contributed by atoms with van der Waals surface area (Å²) < 4.78 is 0. The van der Waals surface area contributed by atoms with Crippen LogP contribution in [0.1, 0.15) is 58.3 Å². The SMILES string of the molecule is CC1=C(CC2CCCCC2)CCC=CC#C1. The second-order valence-electron chi connectivity index (χ2n) is 5.15. The van der Waals surface area contributed by atoms with Crippen LogP contribution in [0.15, 0.2) is 23.3 Å². The summed E-state index contributed by atoms with van der Waals surface area (Å²) in [6.07, 6.45) is 15.2. The molecular formula is C16H22. The van der Waals surface area contributed by atoms with E-state index in [1.54, 1.807) is 5.57 Å². The molecule has 2 aliphatic carbocycles. The molecule has 2 rings (SSSR count). The molecule has 0 nitrogen and oxygen atoms in total. The third kappa shape index (κ3) is 3.27. The molecule has 0 saturated heterocycles. The fraction of sp³-hybridized carbons (Fsp3) is 0.625. The maximum absolute atomic E-state index is 3.27. The first-order valence-electron chi connectivity index (χ1n) is 6.71. The lowest BCUT2D eigenvalue weighted by molar-refractivity contribution is 0.353. The van der Waals surface area contributed by atoms with Gasteiger partial charge in [-0.3, -0.25) is 0 Å². The molecule has 0 amide bonds. The first-order chi connectivity index (χ1) is 7.86. The van der Waals surface area contributed by atoms with Crippen LogP contribution in [0.25, 0.3) is 0 Å². The largest absolute Gasteiger partial charge is 0.0758 e. The predicted octanol–water partition coefficient (Wildman–Crippen LogP) is 4.63. The van der Waals surface area contributed by atoms with Crippen molar-refractivity contribution in [2.24, 2.45) is 5.92 Å². The summed E-state index contributed by atoms with van der Waals surface area (Å²) in [6, 6.07) is 0. The number of rotatable bonds is 2. The van der Waals surface area contributed by atoms with Gasteiger partial charge in [-0.15, -0.1) is 0 Å². The molecule has 0 aromatic carbocycles. The normalized spacial score (nSPS) is 22.3. The minimum atomic E-state index is 0.948. The molecule has 0 bridgehead atoms. The van der Waals surface area contributed by atoms with Gasteiger partial charge in [-0.1, -0.05) is 55.6 Å². The van der Waals surface area contributed by atoms with E-state index in [2.05, 4.69) is 24.8 Å². The molecule has 1 fully saturated rings. The minimum absolute atomic E-state index is 0.948. The summed E-state index contributed by atoms with van der Waals surface area (Å²) in [6.45, 7) is 2.20. The zero-order valence-corrected chi connectivity index (χ0v) is 10.4. The Balaban J connectivity index is 2.00. The van der Waals surface area contributed by atoms with Gasteiger partial charge in [0.1, 0.15) is 0 Å². The Morgan fingerprint density at radius 2 is 2.06 bits per heavy atom. The first kappa shape index (κ1) is 11.5. The van der Waals surface area contributed by atoms with E-state index in [0.29, 0.717) is 0 Å². The van der Waals surface area contributed by atoms with E-state index in [0.717, 1.165) is 5.92 Å². The van der Waals surface area contributed by atoms with Crippen LogP contribution in [0.5, 0.6) is 0 Å². The Morgan fingerprint density at radius 3 is 2.88 bits per heavy atom. The third-order valence-electron chi connectivity index (χ3n) is 3.86. The van der Waals surface area contributed by atoms with Crippen LogP contribution in [0.3, 0.4) is 0 Å². The zero-order chi connectivity index (χ0) is 11.2. The predicted molar refractivity (Wildman–Crippen MR) is 70.0 cm³/mol. The molecule has 0 unspecified atom stereocenters. The van der Waals surface area contributed by atoms with Crippen molar-refractivity contribution in [1.82, 2.24) is 0 Å². The van der Waals surface area contributed by atoms with Gasteiger partial charge < -0.3 is 0 Å². The Kier molecular flexibility index (Phi) is 4.28. The quantitative estimate of drug-likeness (QED) is 0.588. The second-order valence-corrected chi connectivity index (χ2v) is 5.15. The average molecular weight is 214 g/mol. The lowest BCUT2D eigenvalue weighted by atomic mass is 9.82. The Morgan fingerprint density at radius 1 is 1.25 bits per heavy atom.